The topological polar surface area (TPSA) is 90.9 Å². The van der Waals surface area contributed by atoms with Crippen molar-refractivity contribution >= 4 is 12.0 Å². The fourth-order valence-electron chi connectivity index (χ4n) is 1.60. The minimum Gasteiger partial charge on any atom is -0.480 e. The summed E-state index contributed by atoms with van der Waals surface area (Å²) in [6.07, 6.45) is 1.06. The van der Waals surface area contributed by atoms with Gasteiger partial charge in [-0.1, -0.05) is 13.3 Å². The van der Waals surface area contributed by atoms with Gasteiger partial charge in [0, 0.05) is 13.1 Å². The zero-order valence-electron chi connectivity index (χ0n) is 12.9. The molecule has 0 aliphatic rings. The number of aliphatic carboxylic acids is 1. The third kappa shape index (κ3) is 7.96. The molecule has 1 atom stereocenters. The van der Waals surface area contributed by atoms with Gasteiger partial charge in [0.15, 0.2) is 0 Å². The number of nitrogens with zero attached hydrogens (tertiary/aromatic N) is 1. The Bertz CT molecular complexity index is 310. The van der Waals surface area contributed by atoms with Crippen LogP contribution in [0.2, 0.25) is 0 Å². The second-order valence-corrected chi connectivity index (χ2v) is 5.18. The zero-order valence-corrected chi connectivity index (χ0v) is 12.9. The first kappa shape index (κ1) is 18.7. The first-order valence-electron chi connectivity index (χ1n) is 6.83. The van der Waals surface area contributed by atoms with Crippen molar-refractivity contribution in [2.24, 2.45) is 0 Å². The molecule has 0 rings (SSSR count). The van der Waals surface area contributed by atoms with Gasteiger partial charge in [0.2, 0.25) is 0 Å². The molecule has 0 aromatic heterocycles. The van der Waals surface area contributed by atoms with E-state index in [0.29, 0.717) is 32.6 Å². The minimum absolute atomic E-state index is 0.348. The van der Waals surface area contributed by atoms with Crippen molar-refractivity contribution < 1.29 is 19.4 Å². The van der Waals surface area contributed by atoms with E-state index in [-0.39, 0.29) is 0 Å². The maximum Gasteiger partial charge on any atom is 0.329 e. The van der Waals surface area contributed by atoms with E-state index in [0.717, 1.165) is 6.54 Å². The Morgan fingerprint density at radius 1 is 1.30 bits per heavy atom. The third-order valence-electron chi connectivity index (χ3n) is 2.83. The predicted octanol–water partition coefficient (Wildman–Crippen LogP) is 0.507. The molecule has 0 saturated heterocycles. The van der Waals surface area contributed by atoms with Gasteiger partial charge in [0.1, 0.15) is 5.54 Å². The van der Waals surface area contributed by atoms with Crippen LogP contribution in [0.3, 0.4) is 0 Å². The van der Waals surface area contributed by atoms with Gasteiger partial charge in [-0.3, -0.25) is 0 Å². The lowest BCUT2D eigenvalue weighted by atomic mass is 9.97. The van der Waals surface area contributed by atoms with E-state index in [1.807, 2.05) is 25.9 Å². The Labute approximate surface area is 120 Å². The van der Waals surface area contributed by atoms with Crippen LogP contribution in [-0.4, -0.2) is 67.9 Å². The second-order valence-electron chi connectivity index (χ2n) is 5.18. The molecule has 0 aliphatic heterocycles. The number of nitrogens with one attached hydrogen (secondary N) is 2. The Kier molecular flexibility index (Phi) is 8.91. The van der Waals surface area contributed by atoms with Crippen LogP contribution < -0.4 is 10.6 Å². The smallest absolute Gasteiger partial charge is 0.329 e. The summed E-state index contributed by atoms with van der Waals surface area (Å²) in [5.74, 6) is -1.03. The van der Waals surface area contributed by atoms with Crippen molar-refractivity contribution in [3.8, 4) is 0 Å². The quantitative estimate of drug-likeness (QED) is 0.510. The van der Waals surface area contributed by atoms with E-state index in [9.17, 15) is 9.59 Å². The van der Waals surface area contributed by atoms with Gasteiger partial charge < -0.3 is 25.4 Å². The Morgan fingerprint density at radius 3 is 2.45 bits per heavy atom. The monoisotopic (exact) mass is 289 g/mol. The van der Waals surface area contributed by atoms with Crippen LogP contribution in [-0.2, 0) is 9.53 Å². The summed E-state index contributed by atoms with van der Waals surface area (Å²) in [6, 6.07) is -0.487. The number of likely N-dealkylation sites (N-methyl/N-ethyl adjacent to an activating group) is 1. The lowest BCUT2D eigenvalue weighted by Crippen LogP contribution is -2.55. The normalized spacial score (nSPS) is 13.8. The van der Waals surface area contributed by atoms with Crippen LogP contribution >= 0.6 is 0 Å². The molecule has 0 radical (unpaired) electrons. The molecule has 0 fully saturated rings. The number of hydrogen-bond donors (Lipinski definition) is 3. The molecule has 0 aromatic rings. The minimum atomic E-state index is -1.23. The lowest BCUT2D eigenvalue weighted by Gasteiger charge is -2.25. The molecule has 0 aromatic carbocycles. The van der Waals surface area contributed by atoms with Gasteiger partial charge in [-0.2, -0.15) is 0 Å². The van der Waals surface area contributed by atoms with E-state index >= 15 is 0 Å². The highest BCUT2D eigenvalue weighted by Gasteiger charge is 2.33. The number of urea groups is 1. The Hall–Kier alpha value is -1.34. The van der Waals surface area contributed by atoms with Gasteiger partial charge in [-0.15, -0.1) is 0 Å². The average molecular weight is 289 g/mol. The van der Waals surface area contributed by atoms with Crippen molar-refractivity contribution in [2.75, 3.05) is 40.4 Å². The summed E-state index contributed by atoms with van der Waals surface area (Å²) in [6.45, 7) is 5.55. The molecule has 1 unspecified atom stereocenters. The van der Waals surface area contributed by atoms with Gasteiger partial charge in [0.05, 0.1) is 13.2 Å². The standard InChI is InChI=1S/C13H27N3O4/c1-5-6-13(2,11(17)18)15-12(19)14-7-9-20-10-8-16(3)4/h5-10H2,1-4H3,(H,17,18)(H2,14,15,19). The first-order chi connectivity index (χ1) is 9.31. The molecule has 0 saturated carbocycles. The number of carboxylic acids is 1. The zero-order chi connectivity index (χ0) is 15.6. The van der Waals surface area contributed by atoms with Crippen LogP contribution in [0.1, 0.15) is 26.7 Å². The molecular weight excluding hydrogens is 262 g/mol. The maximum absolute atomic E-state index is 11.6. The van der Waals surface area contributed by atoms with Crippen molar-refractivity contribution in [3.63, 3.8) is 0 Å². The largest absolute Gasteiger partial charge is 0.480 e. The highest BCUT2D eigenvalue weighted by molar-refractivity contribution is 5.85. The highest BCUT2D eigenvalue weighted by Crippen LogP contribution is 2.12. The molecule has 0 aliphatic carbocycles. The summed E-state index contributed by atoms with van der Waals surface area (Å²) in [5.41, 5.74) is -1.23. The molecule has 0 spiro atoms. The fraction of sp³-hybridized carbons (Fsp3) is 0.846. The van der Waals surface area contributed by atoms with E-state index in [4.69, 9.17) is 9.84 Å². The molecule has 2 amide bonds. The van der Waals surface area contributed by atoms with Crippen molar-refractivity contribution in [3.05, 3.63) is 0 Å². The molecule has 0 bridgehead atoms. The number of hydrogen-bond acceptors (Lipinski definition) is 4. The van der Waals surface area contributed by atoms with E-state index < -0.39 is 17.5 Å². The number of carbonyl (C=O) groups is 2. The number of rotatable bonds is 10. The Balaban J connectivity index is 3.89. The number of carboxylic acid groups (broad SMARTS) is 1. The predicted molar refractivity (Wildman–Crippen MR) is 76.9 cm³/mol. The van der Waals surface area contributed by atoms with E-state index in [2.05, 4.69) is 10.6 Å². The van der Waals surface area contributed by atoms with Crippen LogP contribution in [0.25, 0.3) is 0 Å². The number of ether oxygens (including phenoxy) is 1. The van der Waals surface area contributed by atoms with Crippen molar-refractivity contribution in [1.82, 2.24) is 15.5 Å². The summed E-state index contributed by atoms with van der Waals surface area (Å²) < 4.78 is 5.32. The van der Waals surface area contributed by atoms with E-state index in [1.54, 1.807) is 0 Å². The van der Waals surface area contributed by atoms with Gasteiger partial charge in [0.25, 0.3) is 0 Å². The summed E-state index contributed by atoms with van der Waals surface area (Å²) in [4.78, 5) is 24.8. The molecular formula is C13H27N3O4. The van der Waals surface area contributed by atoms with E-state index in [1.165, 1.54) is 6.92 Å². The highest BCUT2D eigenvalue weighted by atomic mass is 16.5. The lowest BCUT2D eigenvalue weighted by molar-refractivity contribution is -0.144. The van der Waals surface area contributed by atoms with Gasteiger partial charge >= 0.3 is 12.0 Å². The van der Waals surface area contributed by atoms with Crippen LogP contribution in [0.5, 0.6) is 0 Å². The fourth-order valence-corrected chi connectivity index (χ4v) is 1.60. The molecule has 118 valence electrons. The van der Waals surface area contributed by atoms with Crippen LogP contribution in [0.15, 0.2) is 0 Å². The first-order valence-corrected chi connectivity index (χ1v) is 6.83. The van der Waals surface area contributed by atoms with Crippen molar-refractivity contribution in [1.29, 1.82) is 0 Å². The van der Waals surface area contributed by atoms with Crippen LogP contribution in [0.4, 0.5) is 4.79 Å². The molecule has 7 nitrogen and oxygen atoms in total. The second kappa shape index (κ2) is 9.55. The number of carbonyl (C=O) groups excluding carboxylic acids is 1. The van der Waals surface area contributed by atoms with Crippen molar-refractivity contribution in [2.45, 2.75) is 32.2 Å². The molecule has 7 heteroatoms. The van der Waals surface area contributed by atoms with Gasteiger partial charge in [-0.05, 0) is 27.4 Å². The Morgan fingerprint density at radius 2 is 1.95 bits per heavy atom. The number of amides is 2. The summed E-state index contributed by atoms with van der Waals surface area (Å²) in [5, 5.41) is 14.2. The van der Waals surface area contributed by atoms with Crippen LogP contribution in [0, 0.1) is 0 Å². The molecule has 20 heavy (non-hydrogen) atoms. The molecule has 3 N–H and O–H groups in total. The average Bonchev–Trinajstić information content (AvgIpc) is 2.33. The third-order valence-corrected chi connectivity index (χ3v) is 2.83. The SMILES string of the molecule is CCCC(C)(NC(=O)NCCOCCN(C)C)C(=O)O. The summed E-state index contributed by atoms with van der Waals surface area (Å²) in [7, 11) is 3.91. The summed E-state index contributed by atoms with van der Waals surface area (Å²) >= 11 is 0. The molecule has 0 heterocycles. The maximum atomic E-state index is 11.6. The van der Waals surface area contributed by atoms with Gasteiger partial charge in [-0.25, -0.2) is 9.59 Å².